The van der Waals surface area contributed by atoms with Gasteiger partial charge in [0.05, 0.1) is 6.54 Å². The Kier molecular flexibility index (Phi) is 4.74. The maximum atomic E-state index is 11.9. The minimum atomic E-state index is -0.956. The van der Waals surface area contributed by atoms with Gasteiger partial charge in [-0.3, -0.25) is 4.79 Å². The largest absolute Gasteiger partial charge is 0.478 e. The second-order valence-corrected chi connectivity index (χ2v) is 5.60. The second-order valence-electron chi connectivity index (χ2n) is 4.60. The van der Waals surface area contributed by atoms with E-state index >= 15 is 0 Å². The first-order valence-corrected chi connectivity index (χ1v) is 7.30. The van der Waals surface area contributed by atoms with Crippen molar-refractivity contribution in [2.24, 2.45) is 0 Å². The number of hydrogen-bond acceptors (Lipinski definition) is 3. The van der Waals surface area contributed by atoms with Crippen LogP contribution in [-0.2, 0) is 16.1 Å². The van der Waals surface area contributed by atoms with E-state index in [1.54, 1.807) is 17.4 Å². The van der Waals surface area contributed by atoms with Gasteiger partial charge in [-0.25, -0.2) is 4.79 Å². The molecular formula is C14H17NO3S. The van der Waals surface area contributed by atoms with Crippen LogP contribution in [0.3, 0.4) is 0 Å². The summed E-state index contributed by atoms with van der Waals surface area (Å²) in [5.74, 6) is -0.748. The number of thiophene rings is 1. The van der Waals surface area contributed by atoms with Gasteiger partial charge in [0.2, 0.25) is 5.91 Å². The van der Waals surface area contributed by atoms with Crippen molar-refractivity contribution in [3.05, 3.63) is 28.0 Å². The van der Waals surface area contributed by atoms with Crippen LogP contribution in [0.5, 0.6) is 0 Å². The van der Waals surface area contributed by atoms with E-state index in [-0.39, 0.29) is 5.91 Å². The minimum absolute atomic E-state index is 0.207. The van der Waals surface area contributed by atoms with Gasteiger partial charge < -0.3 is 10.0 Å². The SMILES string of the molecule is O=C(O)C=Cc1ccsc1CN1CCCCCC1=O. The van der Waals surface area contributed by atoms with Crippen LogP contribution in [-0.4, -0.2) is 28.4 Å². The van der Waals surface area contributed by atoms with E-state index in [2.05, 4.69) is 0 Å². The molecule has 1 saturated heterocycles. The first-order chi connectivity index (χ1) is 9.16. The summed E-state index contributed by atoms with van der Waals surface area (Å²) in [4.78, 5) is 25.4. The van der Waals surface area contributed by atoms with Gasteiger partial charge in [0, 0.05) is 23.9 Å². The zero-order chi connectivity index (χ0) is 13.7. The molecule has 5 heteroatoms. The second kappa shape index (κ2) is 6.52. The number of amides is 1. The van der Waals surface area contributed by atoms with Gasteiger partial charge in [-0.1, -0.05) is 6.42 Å². The summed E-state index contributed by atoms with van der Waals surface area (Å²) in [6.07, 6.45) is 6.50. The van der Waals surface area contributed by atoms with Crippen LogP contribution >= 0.6 is 11.3 Å². The van der Waals surface area contributed by atoms with Crippen LogP contribution in [0.2, 0.25) is 0 Å². The molecule has 1 aromatic rings. The summed E-state index contributed by atoms with van der Waals surface area (Å²) >= 11 is 1.57. The lowest BCUT2D eigenvalue weighted by Gasteiger charge is -2.20. The van der Waals surface area contributed by atoms with Crippen molar-refractivity contribution >= 4 is 29.3 Å². The maximum absolute atomic E-state index is 11.9. The van der Waals surface area contributed by atoms with E-state index in [9.17, 15) is 9.59 Å². The summed E-state index contributed by atoms with van der Waals surface area (Å²) in [6, 6.07) is 1.89. The van der Waals surface area contributed by atoms with Gasteiger partial charge in [0.25, 0.3) is 0 Å². The summed E-state index contributed by atoms with van der Waals surface area (Å²) in [5, 5.41) is 10.6. The van der Waals surface area contributed by atoms with Crippen molar-refractivity contribution in [2.75, 3.05) is 6.54 Å². The number of carbonyl (C=O) groups is 2. The zero-order valence-corrected chi connectivity index (χ0v) is 11.5. The molecule has 1 aliphatic rings. The number of carboxylic acid groups (broad SMARTS) is 1. The monoisotopic (exact) mass is 279 g/mol. The average molecular weight is 279 g/mol. The van der Waals surface area contributed by atoms with E-state index in [0.29, 0.717) is 13.0 Å². The molecule has 19 heavy (non-hydrogen) atoms. The number of carbonyl (C=O) groups excluding carboxylic acids is 1. The molecule has 0 atom stereocenters. The number of likely N-dealkylation sites (tertiary alicyclic amines) is 1. The molecule has 2 heterocycles. The maximum Gasteiger partial charge on any atom is 0.328 e. The Hall–Kier alpha value is -1.62. The predicted octanol–water partition coefficient (Wildman–Crippen LogP) is 2.75. The Morgan fingerprint density at radius 1 is 1.42 bits per heavy atom. The van der Waals surface area contributed by atoms with Crippen molar-refractivity contribution in [3.8, 4) is 0 Å². The van der Waals surface area contributed by atoms with Crippen LogP contribution in [0.25, 0.3) is 6.08 Å². The van der Waals surface area contributed by atoms with E-state index in [1.165, 1.54) is 0 Å². The molecule has 1 aromatic heterocycles. The molecule has 0 spiro atoms. The van der Waals surface area contributed by atoms with Crippen molar-refractivity contribution in [1.29, 1.82) is 0 Å². The smallest absolute Gasteiger partial charge is 0.328 e. The van der Waals surface area contributed by atoms with Gasteiger partial charge in [-0.2, -0.15) is 0 Å². The van der Waals surface area contributed by atoms with Gasteiger partial charge in [-0.05, 0) is 35.9 Å². The quantitative estimate of drug-likeness (QED) is 0.862. The molecule has 0 aliphatic carbocycles. The third kappa shape index (κ3) is 3.92. The molecule has 2 rings (SSSR count). The van der Waals surface area contributed by atoms with Crippen LogP contribution in [0.15, 0.2) is 17.5 Å². The third-order valence-corrected chi connectivity index (χ3v) is 4.11. The molecule has 0 unspecified atom stereocenters. The number of carboxylic acids is 1. The van der Waals surface area contributed by atoms with Crippen molar-refractivity contribution < 1.29 is 14.7 Å². The highest BCUT2D eigenvalue weighted by atomic mass is 32.1. The van der Waals surface area contributed by atoms with Crippen molar-refractivity contribution in [2.45, 2.75) is 32.2 Å². The van der Waals surface area contributed by atoms with Gasteiger partial charge in [0.15, 0.2) is 0 Å². The lowest BCUT2D eigenvalue weighted by atomic mass is 10.2. The molecule has 102 valence electrons. The fraction of sp³-hybridized carbons (Fsp3) is 0.429. The predicted molar refractivity (Wildman–Crippen MR) is 74.9 cm³/mol. The summed E-state index contributed by atoms with van der Waals surface area (Å²) in [7, 11) is 0. The summed E-state index contributed by atoms with van der Waals surface area (Å²) in [6.45, 7) is 1.40. The fourth-order valence-corrected chi connectivity index (χ4v) is 3.05. The van der Waals surface area contributed by atoms with Crippen LogP contribution in [0, 0.1) is 0 Å². The van der Waals surface area contributed by atoms with E-state index in [4.69, 9.17) is 5.11 Å². The molecule has 0 aromatic carbocycles. The van der Waals surface area contributed by atoms with E-state index in [1.807, 2.05) is 16.3 Å². The molecule has 1 amide bonds. The summed E-state index contributed by atoms with van der Waals surface area (Å²) in [5.41, 5.74) is 0.893. The molecule has 1 fully saturated rings. The minimum Gasteiger partial charge on any atom is -0.478 e. The molecule has 0 radical (unpaired) electrons. The first kappa shape index (κ1) is 13.8. The van der Waals surface area contributed by atoms with Gasteiger partial charge in [-0.15, -0.1) is 11.3 Å². The van der Waals surface area contributed by atoms with Gasteiger partial charge in [0.1, 0.15) is 0 Å². The highest BCUT2D eigenvalue weighted by Crippen LogP contribution is 2.22. The fourth-order valence-electron chi connectivity index (χ4n) is 2.17. The molecule has 1 N–H and O–H groups in total. The van der Waals surface area contributed by atoms with Crippen LogP contribution < -0.4 is 0 Å². The van der Waals surface area contributed by atoms with Crippen molar-refractivity contribution in [1.82, 2.24) is 4.90 Å². The number of hydrogen-bond donors (Lipinski definition) is 1. The Balaban J connectivity index is 2.08. The normalized spacial score (nSPS) is 16.8. The van der Waals surface area contributed by atoms with Crippen LogP contribution in [0.4, 0.5) is 0 Å². The Morgan fingerprint density at radius 2 is 2.26 bits per heavy atom. The number of rotatable bonds is 4. The third-order valence-electron chi connectivity index (χ3n) is 3.19. The van der Waals surface area contributed by atoms with Crippen LogP contribution in [0.1, 0.15) is 36.1 Å². The molecule has 4 nitrogen and oxygen atoms in total. The number of aliphatic carboxylic acids is 1. The lowest BCUT2D eigenvalue weighted by Crippen LogP contribution is -2.29. The average Bonchev–Trinajstić information content (AvgIpc) is 2.71. The molecule has 1 aliphatic heterocycles. The molecule has 0 bridgehead atoms. The Morgan fingerprint density at radius 3 is 3.05 bits per heavy atom. The topological polar surface area (TPSA) is 57.6 Å². The standard InChI is InChI=1S/C14H17NO3S/c16-13-4-2-1-3-8-15(13)10-12-11(7-9-19-12)5-6-14(17)18/h5-7,9H,1-4,8,10H2,(H,17,18). The van der Waals surface area contributed by atoms with Gasteiger partial charge >= 0.3 is 5.97 Å². The zero-order valence-electron chi connectivity index (χ0n) is 10.7. The van der Waals surface area contributed by atoms with E-state index in [0.717, 1.165) is 42.3 Å². The molecular weight excluding hydrogens is 262 g/mol. The lowest BCUT2D eigenvalue weighted by molar-refractivity contribution is -0.132. The molecule has 0 saturated carbocycles. The highest BCUT2D eigenvalue weighted by molar-refractivity contribution is 7.10. The summed E-state index contributed by atoms with van der Waals surface area (Å²) < 4.78 is 0. The Labute approximate surface area is 116 Å². The van der Waals surface area contributed by atoms with E-state index < -0.39 is 5.97 Å². The first-order valence-electron chi connectivity index (χ1n) is 6.42. The highest BCUT2D eigenvalue weighted by Gasteiger charge is 2.18. The Bertz CT molecular complexity index is 493. The number of nitrogens with zero attached hydrogens (tertiary/aromatic N) is 1. The van der Waals surface area contributed by atoms with Crippen molar-refractivity contribution in [3.63, 3.8) is 0 Å².